The highest BCUT2D eigenvalue weighted by Gasteiger charge is 2.34. The third kappa shape index (κ3) is 3.32. The van der Waals surface area contributed by atoms with Crippen LogP contribution in [-0.2, 0) is 6.18 Å². The minimum absolute atomic E-state index is 0.124. The van der Waals surface area contributed by atoms with Gasteiger partial charge in [-0.15, -0.1) is 0 Å². The van der Waals surface area contributed by atoms with Crippen LogP contribution >= 0.6 is 0 Å². The number of halogens is 3. The van der Waals surface area contributed by atoms with E-state index in [9.17, 15) is 13.2 Å². The van der Waals surface area contributed by atoms with E-state index >= 15 is 0 Å². The molecule has 1 rings (SSSR count). The Labute approximate surface area is 91.7 Å². The highest BCUT2D eigenvalue weighted by Crippen LogP contribution is 2.37. The van der Waals surface area contributed by atoms with Crippen LogP contribution in [0.2, 0.25) is 0 Å². The average molecular weight is 234 g/mol. The molecule has 16 heavy (non-hydrogen) atoms. The molecule has 1 aromatic rings. The molecular weight excluding hydrogens is 221 g/mol. The summed E-state index contributed by atoms with van der Waals surface area (Å²) in [4.78, 5) is 0. The normalized spacial score (nSPS) is 11.5. The standard InChI is InChI=1S/C11H13F3O2/c1-2-3-6-16-8-4-5-10(15)9(7-8)11(12,13)14/h4-5,7,15H,2-3,6H2,1H3. The lowest BCUT2D eigenvalue weighted by molar-refractivity contribution is -0.138. The smallest absolute Gasteiger partial charge is 0.420 e. The average Bonchev–Trinajstić information content (AvgIpc) is 2.19. The number of unbranched alkanes of at least 4 members (excludes halogenated alkanes) is 1. The Kier molecular flexibility index (Phi) is 4.04. The molecular formula is C11H13F3O2. The van der Waals surface area contributed by atoms with Gasteiger partial charge < -0.3 is 9.84 Å². The lowest BCUT2D eigenvalue weighted by Gasteiger charge is -2.11. The second-order valence-corrected chi connectivity index (χ2v) is 3.38. The number of phenols is 1. The lowest BCUT2D eigenvalue weighted by atomic mass is 10.2. The molecule has 0 atom stereocenters. The van der Waals surface area contributed by atoms with Gasteiger partial charge in [-0.3, -0.25) is 0 Å². The number of hydrogen-bond donors (Lipinski definition) is 1. The van der Waals surface area contributed by atoms with Crippen molar-refractivity contribution in [3.05, 3.63) is 23.8 Å². The van der Waals surface area contributed by atoms with E-state index in [4.69, 9.17) is 9.84 Å². The van der Waals surface area contributed by atoms with Gasteiger partial charge in [-0.25, -0.2) is 0 Å². The Morgan fingerprint density at radius 3 is 2.56 bits per heavy atom. The van der Waals surface area contributed by atoms with Crippen molar-refractivity contribution in [1.29, 1.82) is 0 Å². The molecule has 0 unspecified atom stereocenters. The number of aromatic hydroxyl groups is 1. The topological polar surface area (TPSA) is 29.5 Å². The van der Waals surface area contributed by atoms with E-state index in [1.54, 1.807) is 0 Å². The predicted octanol–water partition coefficient (Wildman–Crippen LogP) is 3.59. The molecule has 0 aliphatic heterocycles. The molecule has 0 fully saturated rings. The molecule has 0 heterocycles. The van der Waals surface area contributed by atoms with Crippen molar-refractivity contribution in [2.45, 2.75) is 25.9 Å². The number of rotatable bonds is 4. The van der Waals surface area contributed by atoms with Crippen molar-refractivity contribution in [3.63, 3.8) is 0 Å². The Hall–Kier alpha value is -1.39. The highest BCUT2D eigenvalue weighted by molar-refractivity contribution is 5.41. The number of alkyl halides is 3. The van der Waals surface area contributed by atoms with Crippen LogP contribution < -0.4 is 4.74 Å². The number of benzene rings is 1. The molecule has 0 aromatic heterocycles. The summed E-state index contributed by atoms with van der Waals surface area (Å²) in [5, 5.41) is 9.07. The van der Waals surface area contributed by atoms with Crippen LogP contribution in [0.5, 0.6) is 11.5 Å². The molecule has 2 nitrogen and oxygen atoms in total. The predicted molar refractivity (Wildman–Crippen MR) is 53.5 cm³/mol. The third-order valence-corrected chi connectivity index (χ3v) is 2.04. The van der Waals surface area contributed by atoms with Gasteiger partial charge in [0, 0.05) is 0 Å². The molecule has 0 saturated carbocycles. The summed E-state index contributed by atoms with van der Waals surface area (Å²) < 4.78 is 42.3. The van der Waals surface area contributed by atoms with Crippen molar-refractivity contribution in [2.24, 2.45) is 0 Å². The zero-order valence-electron chi connectivity index (χ0n) is 8.84. The summed E-state index contributed by atoms with van der Waals surface area (Å²) in [5.41, 5.74) is -1.07. The fourth-order valence-corrected chi connectivity index (χ4v) is 1.17. The van der Waals surface area contributed by atoms with Crippen LogP contribution in [0.25, 0.3) is 0 Å². The van der Waals surface area contributed by atoms with Gasteiger partial charge in [-0.05, 0) is 24.6 Å². The first-order chi connectivity index (χ1) is 7.45. The van der Waals surface area contributed by atoms with E-state index in [1.165, 1.54) is 6.07 Å². The molecule has 0 amide bonds. The summed E-state index contributed by atoms with van der Waals surface area (Å²) in [6.07, 6.45) is -2.87. The Bertz CT molecular complexity index is 348. The fourth-order valence-electron chi connectivity index (χ4n) is 1.17. The van der Waals surface area contributed by atoms with Crippen molar-refractivity contribution in [1.82, 2.24) is 0 Å². The number of phenolic OH excluding ortho intramolecular Hbond substituents is 1. The number of hydrogen-bond acceptors (Lipinski definition) is 2. The molecule has 0 saturated heterocycles. The maximum Gasteiger partial charge on any atom is 0.420 e. The van der Waals surface area contributed by atoms with Crippen LogP contribution in [0.3, 0.4) is 0 Å². The van der Waals surface area contributed by atoms with Crippen LogP contribution in [-0.4, -0.2) is 11.7 Å². The van der Waals surface area contributed by atoms with Crippen LogP contribution in [0.4, 0.5) is 13.2 Å². The second-order valence-electron chi connectivity index (χ2n) is 3.38. The van der Waals surface area contributed by atoms with Crippen molar-refractivity contribution in [3.8, 4) is 11.5 Å². The maximum atomic E-state index is 12.4. The molecule has 1 N–H and O–H groups in total. The summed E-state index contributed by atoms with van der Waals surface area (Å²) >= 11 is 0. The summed E-state index contributed by atoms with van der Waals surface area (Å²) in [6.45, 7) is 2.33. The van der Waals surface area contributed by atoms with E-state index in [2.05, 4.69) is 0 Å². The molecule has 5 heteroatoms. The zero-order valence-corrected chi connectivity index (χ0v) is 8.84. The monoisotopic (exact) mass is 234 g/mol. The highest BCUT2D eigenvalue weighted by atomic mass is 19.4. The minimum atomic E-state index is -4.56. The fraction of sp³-hybridized carbons (Fsp3) is 0.455. The van der Waals surface area contributed by atoms with E-state index in [0.717, 1.165) is 25.0 Å². The van der Waals surface area contributed by atoms with Gasteiger partial charge in [-0.1, -0.05) is 13.3 Å². The zero-order chi connectivity index (χ0) is 12.2. The first-order valence-corrected chi connectivity index (χ1v) is 4.98. The van der Waals surface area contributed by atoms with E-state index < -0.39 is 17.5 Å². The van der Waals surface area contributed by atoms with E-state index in [1.807, 2.05) is 6.92 Å². The summed E-state index contributed by atoms with van der Waals surface area (Å²) in [6, 6.07) is 3.12. The molecule has 90 valence electrons. The van der Waals surface area contributed by atoms with Crippen LogP contribution in [0, 0.1) is 0 Å². The largest absolute Gasteiger partial charge is 0.507 e. The molecule has 0 aliphatic carbocycles. The van der Waals surface area contributed by atoms with Gasteiger partial charge in [0.2, 0.25) is 0 Å². The van der Waals surface area contributed by atoms with Gasteiger partial charge in [-0.2, -0.15) is 13.2 Å². The molecule has 0 aliphatic rings. The first kappa shape index (κ1) is 12.7. The molecule has 0 bridgehead atoms. The third-order valence-electron chi connectivity index (χ3n) is 2.04. The van der Waals surface area contributed by atoms with Crippen LogP contribution in [0.1, 0.15) is 25.3 Å². The van der Waals surface area contributed by atoms with Gasteiger partial charge in [0.05, 0.1) is 6.61 Å². The van der Waals surface area contributed by atoms with Gasteiger partial charge in [0.1, 0.15) is 17.1 Å². The number of ether oxygens (including phenoxy) is 1. The summed E-state index contributed by atoms with van der Waals surface area (Å²) in [7, 11) is 0. The van der Waals surface area contributed by atoms with E-state index in [-0.39, 0.29) is 5.75 Å². The SMILES string of the molecule is CCCCOc1ccc(O)c(C(F)(F)F)c1. The Morgan fingerprint density at radius 1 is 1.31 bits per heavy atom. The molecule has 0 spiro atoms. The molecule has 1 aromatic carbocycles. The van der Waals surface area contributed by atoms with Gasteiger partial charge in [0.25, 0.3) is 0 Å². The molecule has 0 radical (unpaired) electrons. The van der Waals surface area contributed by atoms with Crippen molar-refractivity contribution < 1.29 is 23.0 Å². The second kappa shape index (κ2) is 5.09. The van der Waals surface area contributed by atoms with Crippen molar-refractivity contribution >= 4 is 0 Å². The Balaban J connectivity index is 2.82. The minimum Gasteiger partial charge on any atom is -0.507 e. The van der Waals surface area contributed by atoms with Gasteiger partial charge in [0.15, 0.2) is 0 Å². The first-order valence-electron chi connectivity index (χ1n) is 4.98. The maximum absolute atomic E-state index is 12.4. The summed E-state index contributed by atoms with van der Waals surface area (Å²) in [5.74, 6) is -0.658. The van der Waals surface area contributed by atoms with Crippen LogP contribution in [0.15, 0.2) is 18.2 Å². The van der Waals surface area contributed by atoms with Gasteiger partial charge >= 0.3 is 6.18 Å². The quantitative estimate of drug-likeness (QED) is 0.806. The Morgan fingerprint density at radius 2 is 2.00 bits per heavy atom. The lowest BCUT2D eigenvalue weighted by Crippen LogP contribution is -2.06. The van der Waals surface area contributed by atoms with E-state index in [0.29, 0.717) is 6.61 Å². The van der Waals surface area contributed by atoms with Crippen molar-refractivity contribution in [2.75, 3.05) is 6.61 Å².